The monoisotopic (exact) mass is 279 g/mol. The minimum atomic E-state index is 0.211. The molecule has 1 fully saturated rings. The number of aryl methyl sites for hydroxylation is 2. The molecule has 0 N–H and O–H groups in total. The third-order valence-corrected chi connectivity index (χ3v) is 3.61. The van der Waals surface area contributed by atoms with Crippen LogP contribution in [0.3, 0.4) is 0 Å². The third-order valence-electron chi connectivity index (χ3n) is 3.61. The lowest BCUT2D eigenvalue weighted by molar-refractivity contribution is -0.135. The summed E-state index contributed by atoms with van der Waals surface area (Å²) in [6, 6.07) is 0. The van der Waals surface area contributed by atoms with Crippen molar-refractivity contribution >= 4 is 5.91 Å². The predicted octanol–water partition coefficient (Wildman–Crippen LogP) is 2.00. The summed E-state index contributed by atoms with van der Waals surface area (Å²) in [4.78, 5) is 14.2. The van der Waals surface area contributed by atoms with Gasteiger partial charge < -0.3 is 9.64 Å². The van der Waals surface area contributed by atoms with Crippen LogP contribution in [0.1, 0.15) is 38.2 Å². The van der Waals surface area contributed by atoms with E-state index >= 15 is 0 Å². The zero-order chi connectivity index (χ0) is 14.4. The van der Waals surface area contributed by atoms with Crippen LogP contribution in [0, 0.1) is 6.92 Å². The summed E-state index contributed by atoms with van der Waals surface area (Å²) >= 11 is 0. The second-order valence-electron chi connectivity index (χ2n) is 5.51. The number of likely N-dealkylation sites (tertiary alicyclic amines) is 1. The Labute approximate surface area is 120 Å². The molecule has 2 heterocycles. The molecular formula is C15H25N3O2. The normalized spacial score (nSPS) is 19.3. The Hall–Kier alpha value is -1.36. The van der Waals surface area contributed by atoms with Gasteiger partial charge in [-0.25, -0.2) is 0 Å². The van der Waals surface area contributed by atoms with Crippen LogP contribution < -0.4 is 0 Å². The van der Waals surface area contributed by atoms with Crippen molar-refractivity contribution in [2.75, 3.05) is 19.7 Å². The summed E-state index contributed by atoms with van der Waals surface area (Å²) in [5.74, 6) is 0.211. The van der Waals surface area contributed by atoms with Crippen molar-refractivity contribution in [1.82, 2.24) is 14.7 Å². The topological polar surface area (TPSA) is 47.4 Å². The second kappa shape index (κ2) is 7.43. The molecule has 0 aromatic carbocycles. The minimum absolute atomic E-state index is 0.211. The molecule has 1 aliphatic heterocycles. The van der Waals surface area contributed by atoms with Crippen LogP contribution in [-0.2, 0) is 16.1 Å². The maximum absolute atomic E-state index is 12.2. The number of aromatic nitrogens is 2. The SMILES string of the molecule is CCCO[C@@H]1CCCN(C(=O)CCn2cc(C)cn2)C1. The van der Waals surface area contributed by atoms with Crippen molar-refractivity contribution in [1.29, 1.82) is 0 Å². The van der Waals surface area contributed by atoms with Crippen LogP contribution in [0.4, 0.5) is 0 Å². The van der Waals surface area contributed by atoms with Crippen molar-refractivity contribution in [3.8, 4) is 0 Å². The van der Waals surface area contributed by atoms with Crippen LogP contribution in [0.25, 0.3) is 0 Å². The first kappa shape index (κ1) is 15.0. The van der Waals surface area contributed by atoms with E-state index < -0.39 is 0 Å². The van der Waals surface area contributed by atoms with Crippen LogP contribution >= 0.6 is 0 Å². The number of carbonyl (C=O) groups excluding carboxylic acids is 1. The highest BCUT2D eigenvalue weighted by Crippen LogP contribution is 2.14. The van der Waals surface area contributed by atoms with E-state index in [0.717, 1.165) is 44.5 Å². The van der Waals surface area contributed by atoms with Crippen molar-refractivity contribution in [2.24, 2.45) is 0 Å². The lowest BCUT2D eigenvalue weighted by Gasteiger charge is -2.32. The fourth-order valence-corrected chi connectivity index (χ4v) is 2.54. The Bertz CT molecular complexity index is 431. The van der Waals surface area contributed by atoms with Gasteiger partial charge in [0, 0.05) is 38.9 Å². The van der Waals surface area contributed by atoms with E-state index in [1.807, 2.05) is 28.9 Å². The smallest absolute Gasteiger partial charge is 0.224 e. The van der Waals surface area contributed by atoms with Gasteiger partial charge in [0.05, 0.1) is 12.3 Å². The molecule has 0 radical (unpaired) electrons. The molecular weight excluding hydrogens is 254 g/mol. The van der Waals surface area contributed by atoms with E-state index in [1.165, 1.54) is 0 Å². The standard InChI is InChI=1S/C15H25N3O2/c1-3-9-20-14-5-4-7-17(12-14)15(19)6-8-18-11-13(2)10-16-18/h10-11,14H,3-9,12H2,1-2H3/t14-/m1/s1. The molecule has 1 aromatic heterocycles. The second-order valence-corrected chi connectivity index (χ2v) is 5.51. The Morgan fingerprint density at radius 2 is 2.40 bits per heavy atom. The zero-order valence-electron chi connectivity index (χ0n) is 12.5. The average Bonchev–Trinajstić information content (AvgIpc) is 2.88. The lowest BCUT2D eigenvalue weighted by atomic mass is 10.1. The van der Waals surface area contributed by atoms with Gasteiger partial charge in [-0.1, -0.05) is 6.92 Å². The molecule has 1 atom stereocenters. The van der Waals surface area contributed by atoms with Crippen molar-refractivity contribution < 1.29 is 9.53 Å². The number of amides is 1. The molecule has 5 nitrogen and oxygen atoms in total. The molecule has 0 aliphatic carbocycles. The van der Waals surface area contributed by atoms with E-state index in [1.54, 1.807) is 0 Å². The number of carbonyl (C=O) groups is 1. The van der Waals surface area contributed by atoms with Gasteiger partial charge in [0.2, 0.25) is 5.91 Å². The number of hydrogen-bond donors (Lipinski definition) is 0. The molecule has 0 unspecified atom stereocenters. The fraction of sp³-hybridized carbons (Fsp3) is 0.733. The number of rotatable bonds is 6. The number of piperidine rings is 1. The quantitative estimate of drug-likeness (QED) is 0.800. The van der Waals surface area contributed by atoms with E-state index in [2.05, 4.69) is 12.0 Å². The van der Waals surface area contributed by atoms with Gasteiger partial charge >= 0.3 is 0 Å². The fourth-order valence-electron chi connectivity index (χ4n) is 2.54. The first-order valence-corrected chi connectivity index (χ1v) is 7.57. The molecule has 1 aliphatic rings. The van der Waals surface area contributed by atoms with Crippen LogP contribution in [0.15, 0.2) is 12.4 Å². The summed E-state index contributed by atoms with van der Waals surface area (Å²) in [6.45, 7) is 7.17. The minimum Gasteiger partial charge on any atom is -0.376 e. The van der Waals surface area contributed by atoms with E-state index in [0.29, 0.717) is 13.0 Å². The number of ether oxygens (including phenoxy) is 1. The zero-order valence-corrected chi connectivity index (χ0v) is 12.5. The molecule has 5 heteroatoms. The predicted molar refractivity (Wildman–Crippen MR) is 77.4 cm³/mol. The van der Waals surface area contributed by atoms with Gasteiger partial charge in [0.15, 0.2) is 0 Å². The maximum Gasteiger partial charge on any atom is 0.224 e. The van der Waals surface area contributed by atoms with Crippen LogP contribution in [0.5, 0.6) is 0 Å². The molecule has 2 rings (SSSR count). The maximum atomic E-state index is 12.2. The lowest BCUT2D eigenvalue weighted by Crippen LogP contribution is -2.43. The molecule has 1 saturated heterocycles. The highest BCUT2D eigenvalue weighted by Gasteiger charge is 2.23. The largest absolute Gasteiger partial charge is 0.376 e. The average molecular weight is 279 g/mol. The van der Waals surface area contributed by atoms with Crippen molar-refractivity contribution in [2.45, 2.75) is 52.2 Å². The summed E-state index contributed by atoms with van der Waals surface area (Å²) in [6.07, 6.45) is 7.67. The van der Waals surface area contributed by atoms with Crippen molar-refractivity contribution in [3.05, 3.63) is 18.0 Å². The van der Waals surface area contributed by atoms with Gasteiger partial charge in [0.1, 0.15) is 0 Å². The molecule has 0 bridgehead atoms. The molecule has 1 amide bonds. The molecule has 0 saturated carbocycles. The highest BCUT2D eigenvalue weighted by molar-refractivity contribution is 5.76. The van der Waals surface area contributed by atoms with E-state index in [9.17, 15) is 4.79 Å². The van der Waals surface area contributed by atoms with E-state index in [4.69, 9.17) is 4.74 Å². The summed E-state index contributed by atoms with van der Waals surface area (Å²) < 4.78 is 7.60. The first-order chi connectivity index (χ1) is 9.69. The Morgan fingerprint density at radius 3 is 3.10 bits per heavy atom. The molecule has 1 aromatic rings. The number of nitrogens with zero attached hydrogens (tertiary/aromatic N) is 3. The summed E-state index contributed by atoms with van der Waals surface area (Å²) in [5.41, 5.74) is 1.13. The Balaban J connectivity index is 1.76. The molecule has 20 heavy (non-hydrogen) atoms. The van der Waals surface area contributed by atoms with Gasteiger partial charge in [0.25, 0.3) is 0 Å². The van der Waals surface area contributed by atoms with Crippen LogP contribution in [-0.4, -0.2) is 46.4 Å². The first-order valence-electron chi connectivity index (χ1n) is 7.57. The van der Waals surface area contributed by atoms with Gasteiger partial charge in [-0.3, -0.25) is 9.48 Å². The Kier molecular flexibility index (Phi) is 5.59. The van der Waals surface area contributed by atoms with Gasteiger partial charge in [-0.2, -0.15) is 5.10 Å². The van der Waals surface area contributed by atoms with Crippen molar-refractivity contribution in [3.63, 3.8) is 0 Å². The summed E-state index contributed by atoms with van der Waals surface area (Å²) in [5, 5.41) is 4.21. The van der Waals surface area contributed by atoms with Gasteiger partial charge in [-0.05, 0) is 31.7 Å². The van der Waals surface area contributed by atoms with E-state index in [-0.39, 0.29) is 12.0 Å². The van der Waals surface area contributed by atoms with Gasteiger partial charge in [-0.15, -0.1) is 0 Å². The molecule has 112 valence electrons. The Morgan fingerprint density at radius 1 is 1.55 bits per heavy atom. The molecule has 0 spiro atoms. The summed E-state index contributed by atoms with van der Waals surface area (Å²) in [7, 11) is 0. The highest BCUT2D eigenvalue weighted by atomic mass is 16.5. The van der Waals surface area contributed by atoms with Crippen LogP contribution in [0.2, 0.25) is 0 Å². The number of hydrogen-bond acceptors (Lipinski definition) is 3. The third kappa shape index (κ3) is 4.34.